The van der Waals surface area contributed by atoms with Crippen LogP contribution in [0.4, 0.5) is 0 Å². The largest absolute Gasteiger partial charge is 0.385 e. The zero-order chi connectivity index (χ0) is 18.2. The number of hydrogen-bond acceptors (Lipinski definition) is 2. The van der Waals surface area contributed by atoms with Gasteiger partial charge in [0.25, 0.3) is 0 Å². The summed E-state index contributed by atoms with van der Waals surface area (Å²) in [6.45, 7) is 15.3. The van der Waals surface area contributed by atoms with E-state index in [4.69, 9.17) is 0 Å². The quantitative estimate of drug-likeness (QED) is 0.548. The second-order valence-corrected chi connectivity index (χ2v) is 7.21. The molecule has 134 valence electrons. The van der Waals surface area contributed by atoms with Crippen LogP contribution in [0.25, 0.3) is 10.8 Å². The van der Waals surface area contributed by atoms with Crippen molar-refractivity contribution in [1.29, 1.82) is 0 Å². The Morgan fingerprint density at radius 1 is 1.28 bits per heavy atom. The Labute approximate surface area is 153 Å². The van der Waals surface area contributed by atoms with Gasteiger partial charge in [-0.05, 0) is 74.1 Å². The molecule has 1 aromatic carbocycles. The van der Waals surface area contributed by atoms with Gasteiger partial charge in [-0.25, -0.2) is 0 Å². The molecule has 1 heterocycles. The van der Waals surface area contributed by atoms with Crippen LogP contribution in [0.1, 0.15) is 49.4 Å². The molecule has 1 unspecified atom stereocenters. The first-order chi connectivity index (χ1) is 12.0. The van der Waals surface area contributed by atoms with Crippen molar-refractivity contribution in [3.05, 3.63) is 66.1 Å². The number of allylic oxidation sites excluding steroid dienone is 1. The molecule has 2 rings (SSSR count). The lowest BCUT2D eigenvalue weighted by Crippen LogP contribution is -2.12. The fraction of sp³-hybridized carbons (Fsp3) is 0.435. The van der Waals surface area contributed by atoms with Gasteiger partial charge in [0.15, 0.2) is 0 Å². The minimum absolute atomic E-state index is 0.728. The molecule has 0 saturated carbocycles. The summed E-state index contributed by atoms with van der Waals surface area (Å²) in [6.07, 6.45) is 9.67. The highest BCUT2D eigenvalue weighted by Crippen LogP contribution is 2.24. The Morgan fingerprint density at radius 3 is 2.84 bits per heavy atom. The van der Waals surface area contributed by atoms with Crippen molar-refractivity contribution in [1.82, 2.24) is 10.3 Å². The fourth-order valence-electron chi connectivity index (χ4n) is 3.31. The highest BCUT2D eigenvalue weighted by Gasteiger charge is 2.07. The lowest BCUT2D eigenvalue weighted by atomic mass is 9.93. The summed E-state index contributed by atoms with van der Waals surface area (Å²) < 4.78 is 0. The predicted molar refractivity (Wildman–Crippen MR) is 110 cm³/mol. The van der Waals surface area contributed by atoms with Gasteiger partial charge in [0.05, 0.1) is 0 Å². The molecule has 2 nitrogen and oxygen atoms in total. The van der Waals surface area contributed by atoms with Crippen molar-refractivity contribution in [3.8, 4) is 0 Å². The molecule has 1 aromatic heterocycles. The Kier molecular flexibility index (Phi) is 7.24. The zero-order valence-corrected chi connectivity index (χ0v) is 16.1. The van der Waals surface area contributed by atoms with E-state index in [1.165, 1.54) is 41.2 Å². The SMILES string of the molecule is C=CCNC(=C)CCC(C)CCCc1cc2c(C)nccc2cc1C. The van der Waals surface area contributed by atoms with E-state index in [1.54, 1.807) is 0 Å². The van der Waals surface area contributed by atoms with Gasteiger partial charge in [0.1, 0.15) is 0 Å². The summed E-state index contributed by atoms with van der Waals surface area (Å²) in [5, 5.41) is 5.87. The minimum atomic E-state index is 0.728. The topological polar surface area (TPSA) is 24.9 Å². The molecule has 2 aromatic rings. The van der Waals surface area contributed by atoms with Crippen LogP contribution in [0, 0.1) is 19.8 Å². The van der Waals surface area contributed by atoms with Gasteiger partial charge in [0, 0.05) is 29.5 Å². The number of fused-ring (bicyclic) bond motifs is 1. The highest BCUT2D eigenvalue weighted by atomic mass is 14.9. The van der Waals surface area contributed by atoms with E-state index in [0.29, 0.717) is 0 Å². The molecule has 0 amide bonds. The van der Waals surface area contributed by atoms with Gasteiger partial charge in [-0.2, -0.15) is 0 Å². The maximum Gasteiger partial charge on any atom is 0.0451 e. The minimum Gasteiger partial charge on any atom is -0.385 e. The molecule has 0 fully saturated rings. The van der Waals surface area contributed by atoms with Crippen LogP contribution in [0.3, 0.4) is 0 Å². The van der Waals surface area contributed by atoms with E-state index in [-0.39, 0.29) is 0 Å². The number of aryl methyl sites for hydroxylation is 3. The van der Waals surface area contributed by atoms with E-state index in [9.17, 15) is 0 Å². The van der Waals surface area contributed by atoms with Gasteiger partial charge in [-0.1, -0.05) is 32.1 Å². The molecule has 0 aliphatic carbocycles. The van der Waals surface area contributed by atoms with Crippen molar-refractivity contribution in [2.45, 2.75) is 52.9 Å². The number of benzene rings is 1. The summed E-state index contributed by atoms with van der Waals surface area (Å²) >= 11 is 0. The van der Waals surface area contributed by atoms with E-state index >= 15 is 0 Å². The lowest BCUT2D eigenvalue weighted by molar-refractivity contribution is 0.469. The average Bonchev–Trinajstić information content (AvgIpc) is 2.59. The molecule has 0 aliphatic heterocycles. The predicted octanol–water partition coefficient (Wildman–Crippen LogP) is 5.88. The molecule has 0 bridgehead atoms. The van der Waals surface area contributed by atoms with Crippen LogP contribution >= 0.6 is 0 Å². The smallest absolute Gasteiger partial charge is 0.0451 e. The molecule has 0 spiro atoms. The lowest BCUT2D eigenvalue weighted by Gasteiger charge is -2.14. The van der Waals surface area contributed by atoms with Crippen molar-refractivity contribution < 1.29 is 0 Å². The third-order valence-electron chi connectivity index (χ3n) is 5.00. The Balaban J connectivity index is 1.84. The van der Waals surface area contributed by atoms with Crippen LogP contribution in [-0.4, -0.2) is 11.5 Å². The summed E-state index contributed by atoms with van der Waals surface area (Å²) in [5.41, 5.74) is 5.11. The second kappa shape index (κ2) is 9.41. The number of aromatic nitrogens is 1. The second-order valence-electron chi connectivity index (χ2n) is 7.21. The molecule has 1 atom stereocenters. The van der Waals surface area contributed by atoms with Crippen LogP contribution in [0.2, 0.25) is 0 Å². The highest BCUT2D eigenvalue weighted by molar-refractivity contribution is 5.85. The molecule has 1 N–H and O–H groups in total. The number of rotatable bonds is 10. The summed E-state index contributed by atoms with van der Waals surface area (Å²) in [5.74, 6) is 0.728. The summed E-state index contributed by atoms with van der Waals surface area (Å²) in [6, 6.07) is 6.76. The van der Waals surface area contributed by atoms with Crippen molar-refractivity contribution >= 4 is 10.8 Å². The first kappa shape index (κ1) is 19.2. The number of nitrogens with zero attached hydrogens (tertiary/aromatic N) is 1. The van der Waals surface area contributed by atoms with Gasteiger partial charge in [-0.3, -0.25) is 4.98 Å². The van der Waals surface area contributed by atoms with E-state index in [2.05, 4.69) is 62.4 Å². The van der Waals surface area contributed by atoms with Crippen molar-refractivity contribution in [3.63, 3.8) is 0 Å². The van der Waals surface area contributed by atoms with Gasteiger partial charge in [-0.15, -0.1) is 6.58 Å². The van der Waals surface area contributed by atoms with E-state index in [0.717, 1.165) is 36.7 Å². The van der Waals surface area contributed by atoms with Crippen LogP contribution in [0.5, 0.6) is 0 Å². The van der Waals surface area contributed by atoms with Gasteiger partial charge < -0.3 is 5.32 Å². The summed E-state index contributed by atoms with van der Waals surface area (Å²) in [4.78, 5) is 4.43. The zero-order valence-electron chi connectivity index (χ0n) is 16.1. The third kappa shape index (κ3) is 5.74. The van der Waals surface area contributed by atoms with Crippen LogP contribution < -0.4 is 5.32 Å². The van der Waals surface area contributed by atoms with Gasteiger partial charge >= 0.3 is 0 Å². The van der Waals surface area contributed by atoms with Gasteiger partial charge in [0.2, 0.25) is 0 Å². The number of nitrogens with one attached hydrogen (secondary N) is 1. The molecular weight excluding hydrogens is 304 g/mol. The standard InChI is InChI=1S/C23H32N2/c1-6-13-24-19(4)11-10-17(2)8-7-9-21-16-23-20(5)25-14-12-22(23)15-18(21)3/h6,12,14-17,24H,1,4,7-11,13H2,2-3,5H3. The maximum absolute atomic E-state index is 4.43. The number of hydrogen-bond donors (Lipinski definition) is 1. The van der Waals surface area contributed by atoms with E-state index in [1.807, 2.05) is 12.3 Å². The average molecular weight is 337 g/mol. The molecule has 2 heteroatoms. The Morgan fingerprint density at radius 2 is 2.08 bits per heavy atom. The van der Waals surface area contributed by atoms with E-state index < -0.39 is 0 Å². The monoisotopic (exact) mass is 336 g/mol. The Hall–Kier alpha value is -2.09. The molecule has 0 saturated heterocycles. The van der Waals surface area contributed by atoms with Crippen LogP contribution in [0.15, 0.2) is 49.3 Å². The molecular formula is C23H32N2. The summed E-state index contributed by atoms with van der Waals surface area (Å²) in [7, 11) is 0. The van der Waals surface area contributed by atoms with Crippen molar-refractivity contribution in [2.75, 3.05) is 6.54 Å². The van der Waals surface area contributed by atoms with Crippen molar-refractivity contribution in [2.24, 2.45) is 5.92 Å². The van der Waals surface area contributed by atoms with Crippen LogP contribution in [-0.2, 0) is 6.42 Å². The normalized spacial score (nSPS) is 12.1. The molecule has 0 aliphatic rings. The third-order valence-corrected chi connectivity index (χ3v) is 5.00. The molecule has 25 heavy (non-hydrogen) atoms. The maximum atomic E-state index is 4.43. The first-order valence-electron chi connectivity index (χ1n) is 9.38. The number of pyridine rings is 1. The first-order valence-corrected chi connectivity index (χ1v) is 9.38. The fourth-order valence-corrected chi connectivity index (χ4v) is 3.31. The Bertz CT molecular complexity index is 730. The molecule has 0 radical (unpaired) electrons.